The van der Waals surface area contributed by atoms with Crippen molar-refractivity contribution >= 4 is 22.2 Å². The molecule has 0 aliphatic rings. The predicted octanol–water partition coefficient (Wildman–Crippen LogP) is -1.42. The van der Waals surface area contributed by atoms with E-state index in [4.69, 9.17) is 0 Å². The fraction of sp³-hybridized carbons (Fsp3) is 0.333. The average molecular weight is 174 g/mol. The lowest BCUT2D eigenvalue weighted by Crippen LogP contribution is -2.07. The molecule has 62 valence electrons. The minimum Gasteiger partial charge on any atom is -0.466 e. The Bertz CT molecular complexity index is 197. The second kappa shape index (κ2) is 4.67. The average Bonchev–Trinajstić information content (AvgIpc) is 2.02. The highest BCUT2D eigenvalue weighted by atomic mass is 28.1. The van der Waals surface area contributed by atoms with Crippen molar-refractivity contribution < 1.29 is 19.1 Å². The minimum atomic E-state index is -0.527. The lowest BCUT2D eigenvalue weighted by atomic mass is 10.5. The molecule has 0 aromatic heterocycles. The SMILES string of the molecule is COC(=O)/C=C(\[SiH3])C(=O)OC. The highest BCUT2D eigenvalue weighted by Crippen LogP contribution is 1.91. The summed E-state index contributed by atoms with van der Waals surface area (Å²) in [6.07, 6.45) is 1.14. The van der Waals surface area contributed by atoms with Crippen LogP contribution in [-0.4, -0.2) is 36.4 Å². The van der Waals surface area contributed by atoms with Crippen LogP contribution < -0.4 is 0 Å². The minimum absolute atomic E-state index is 0.361. The molecule has 0 rings (SSSR count). The second-order valence-corrected chi connectivity index (χ2v) is 2.92. The summed E-state index contributed by atoms with van der Waals surface area (Å²) in [7, 11) is 2.99. The van der Waals surface area contributed by atoms with E-state index in [1.165, 1.54) is 14.2 Å². The maximum Gasteiger partial charge on any atom is 0.330 e. The van der Waals surface area contributed by atoms with Gasteiger partial charge in [0.1, 0.15) is 0 Å². The Morgan fingerprint density at radius 1 is 1.27 bits per heavy atom. The van der Waals surface area contributed by atoms with Gasteiger partial charge >= 0.3 is 11.9 Å². The zero-order valence-corrected chi connectivity index (χ0v) is 8.71. The van der Waals surface area contributed by atoms with Gasteiger partial charge in [0.05, 0.1) is 14.2 Å². The van der Waals surface area contributed by atoms with E-state index < -0.39 is 11.9 Å². The molecule has 0 atom stereocenters. The van der Waals surface area contributed by atoms with Crippen LogP contribution in [0.5, 0.6) is 0 Å². The standard InChI is InChI=1S/C6H10O4Si/c1-9-5(7)3-4(11)6(8)10-2/h3H,1-2,11H3/b4-3-. The van der Waals surface area contributed by atoms with Crippen LogP contribution >= 0.6 is 0 Å². The first kappa shape index (κ1) is 9.90. The lowest BCUT2D eigenvalue weighted by Gasteiger charge is -1.96. The molecule has 0 aliphatic heterocycles. The molecule has 0 spiro atoms. The monoisotopic (exact) mass is 174 g/mol. The van der Waals surface area contributed by atoms with Crippen LogP contribution in [-0.2, 0) is 19.1 Å². The molecule has 0 aliphatic carbocycles. The van der Waals surface area contributed by atoms with E-state index >= 15 is 0 Å². The molecule has 0 saturated heterocycles. The summed E-state index contributed by atoms with van der Waals surface area (Å²) in [5, 5.41) is 0.361. The van der Waals surface area contributed by atoms with Crippen LogP contribution in [0.4, 0.5) is 0 Å². The summed E-state index contributed by atoms with van der Waals surface area (Å²) in [6.45, 7) is 0. The van der Waals surface area contributed by atoms with Gasteiger partial charge in [-0.05, 0) is 0 Å². The van der Waals surface area contributed by atoms with Gasteiger partial charge < -0.3 is 9.47 Å². The van der Waals surface area contributed by atoms with E-state index in [9.17, 15) is 9.59 Å². The number of hydrogen-bond acceptors (Lipinski definition) is 4. The highest BCUT2D eigenvalue weighted by Gasteiger charge is 2.04. The molecular weight excluding hydrogens is 164 g/mol. The molecule has 0 unspecified atom stereocenters. The van der Waals surface area contributed by atoms with Crippen molar-refractivity contribution in [3.8, 4) is 0 Å². The molecule has 0 amide bonds. The fourth-order valence-corrected chi connectivity index (χ4v) is 0.895. The Balaban J connectivity index is 4.21. The van der Waals surface area contributed by atoms with Gasteiger partial charge in [-0.25, -0.2) is 9.59 Å². The number of hydrogen-bond donors (Lipinski definition) is 0. The van der Waals surface area contributed by atoms with Gasteiger partial charge in [-0.2, -0.15) is 0 Å². The Morgan fingerprint density at radius 2 is 1.82 bits per heavy atom. The number of methoxy groups -OCH3 is 2. The molecule has 0 fully saturated rings. The molecule has 0 aromatic rings. The van der Waals surface area contributed by atoms with Crippen LogP contribution in [0, 0.1) is 0 Å². The molecule has 0 heterocycles. The third kappa shape index (κ3) is 3.56. The third-order valence-corrected chi connectivity index (χ3v) is 1.74. The summed E-state index contributed by atoms with van der Waals surface area (Å²) in [5.41, 5.74) is 0. The quantitative estimate of drug-likeness (QED) is 0.293. The summed E-state index contributed by atoms with van der Waals surface area (Å²) < 4.78 is 8.69. The van der Waals surface area contributed by atoms with Gasteiger partial charge in [0, 0.05) is 21.5 Å². The molecule has 0 N–H and O–H groups in total. The molecule has 0 aromatic carbocycles. The van der Waals surface area contributed by atoms with E-state index in [2.05, 4.69) is 9.47 Å². The van der Waals surface area contributed by atoms with Crippen LogP contribution in [0.3, 0.4) is 0 Å². The number of carbonyl (C=O) groups is 2. The summed E-state index contributed by atoms with van der Waals surface area (Å²) >= 11 is 0. The number of carbonyl (C=O) groups excluding carboxylic acids is 2. The van der Waals surface area contributed by atoms with Gasteiger partial charge in [0.25, 0.3) is 0 Å². The maximum atomic E-state index is 10.7. The number of ether oxygens (including phenoxy) is 2. The maximum absolute atomic E-state index is 10.7. The zero-order chi connectivity index (χ0) is 8.85. The van der Waals surface area contributed by atoms with Gasteiger partial charge in [0.2, 0.25) is 0 Å². The summed E-state index contributed by atoms with van der Waals surface area (Å²) in [5.74, 6) is -0.998. The van der Waals surface area contributed by atoms with Gasteiger partial charge in [-0.1, -0.05) is 0 Å². The van der Waals surface area contributed by atoms with Crippen LogP contribution in [0.2, 0.25) is 0 Å². The molecule has 11 heavy (non-hydrogen) atoms. The second-order valence-electron chi connectivity index (χ2n) is 1.84. The third-order valence-electron chi connectivity index (χ3n) is 1.04. The van der Waals surface area contributed by atoms with Crippen molar-refractivity contribution in [3.63, 3.8) is 0 Å². The van der Waals surface area contributed by atoms with Crippen molar-refractivity contribution in [1.82, 2.24) is 0 Å². The van der Waals surface area contributed by atoms with Gasteiger partial charge in [-0.3, -0.25) is 0 Å². The van der Waals surface area contributed by atoms with E-state index in [0.717, 1.165) is 6.08 Å². The Hall–Kier alpha value is -1.10. The molecule has 5 heteroatoms. The Kier molecular flexibility index (Phi) is 4.20. The Labute approximate surface area is 67.6 Å². The van der Waals surface area contributed by atoms with Crippen molar-refractivity contribution in [1.29, 1.82) is 0 Å². The van der Waals surface area contributed by atoms with Gasteiger partial charge in [0.15, 0.2) is 0 Å². The van der Waals surface area contributed by atoms with E-state index in [-0.39, 0.29) is 0 Å². The van der Waals surface area contributed by atoms with Crippen LogP contribution in [0.15, 0.2) is 11.3 Å². The molecule has 0 saturated carbocycles. The van der Waals surface area contributed by atoms with Crippen molar-refractivity contribution in [2.24, 2.45) is 0 Å². The van der Waals surface area contributed by atoms with E-state index in [1.54, 1.807) is 0 Å². The van der Waals surface area contributed by atoms with Crippen molar-refractivity contribution in [2.75, 3.05) is 14.2 Å². The van der Waals surface area contributed by atoms with E-state index in [0.29, 0.717) is 15.4 Å². The summed E-state index contributed by atoms with van der Waals surface area (Å²) in [4.78, 5) is 21.3. The molecule has 0 bridgehead atoms. The lowest BCUT2D eigenvalue weighted by molar-refractivity contribution is -0.137. The first-order valence-corrected chi connectivity index (χ1v) is 3.96. The first-order chi connectivity index (χ1) is 5.11. The van der Waals surface area contributed by atoms with Crippen LogP contribution in [0.1, 0.15) is 0 Å². The number of esters is 2. The zero-order valence-electron chi connectivity index (χ0n) is 6.71. The van der Waals surface area contributed by atoms with Gasteiger partial charge in [-0.15, -0.1) is 0 Å². The van der Waals surface area contributed by atoms with E-state index in [1.807, 2.05) is 0 Å². The first-order valence-electron chi connectivity index (χ1n) is 2.96. The highest BCUT2D eigenvalue weighted by molar-refractivity contribution is 6.36. The topological polar surface area (TPSA) is 52.6 Å². The van der Waals surface area contributed by atoms with Crippen LogP contribution in [0.25, 0.3) is 0 Å². The number of rotatable bonds is 2. The van der Waals surface area contributed by atoms with Crippen molar-refractivity contribution in [2.45, 2.75) is 0 Å². The molecular formula is C6H10O4Si. The fourth-order valence-electron chi connectivity index (χ4n) is 0.456. The Morgan fingerprint density at radius 3 is 2.18 bits per heavy atom. The largest absolute Gasteiger partial charge is 0.466 e. The van der Waals surface area contributed by atoms with Crippen molar-refractivity contribution in [3.05, 3.63) is 11.3 Å². The normalized spacial score (nSPS) is 10.9. The summed E-state index contributed by atoms with van der Waals surface area (Å²) in [6, 6.07) is 0. The molecule has 0 radical (unpaired) electrons. The molecule has 4 nitrogen and oxygen atoms in total. The predicted molar refractivity (Wildman–Crippen MR) is 42.1 cm³/mol. The smallest absolute Gasteiger partial charge is 0.330 e.